The summed E-state index contributed by atoms with van der Waals surface area (Å²) in [6.45, 7) is 9.13. The molecule has 1 aliphatic heterocycles. The first-order valence-electron chi connectivity index (χ1n) is 7.95. The number of anilines is 1. The molecule has 6 nitrogen and oxygen atoms in total. The maximum absolute atomic E-state index is 5.81. The van der Waals surface area contributed by atoms with Crippen LogP contribution in [0.3, 0.4) is 0 Å². The number of nitrogens with zero attached hydrogens (tertiary/aromatic N) is 4. The van der Waals surface area contributed by atoms with Gasteiger partial charge in [0.2, 0.25) is 5.95 Å². The van der Waals surface area contributed by atoms with E-state index in [9.17, 15) is 0 Å². The lowest BCUT2D eigenvalue weighted by molar-refractivity contribution is 0.122. The quantitative estimate of drug-likeness (QED) is 0.865. The van der Waals surface area contributed by atoms with Gasteiger partial charge >= 0.3 is 6.01 Å². The van der Waals surface area contributed by atoms with Gasteiger partial charge in [-0.2, -0.15) is 15.0 Å². The molecule has 0 spiro atoms. The van der Waals surface area contributed by atoms with Gasteiger partial charge in [-0.3, -0.25) is 0 Å². The van der Waals surface area contributed by atoms with E-state index in [1.54, 1.807) is 0 Å². The Balaban J connectivity index is 1.78. The Morgan fingerprint density at radius 2 is 1.74 bits per heavy atom. The first-order chi connectivity index (χ1) is 11.1. The summed E-state index contributed by atoms with van der Waals surface area (Å²) >= 11 is 0. The molecule has 2 heterocycles. The maximum atomic E-state index is 5.81. The van der Waals surface area contributed by atoms with Gasteiger partial charge < -0.3 is 14.4 Å². The molecule has 122 valence electrons. The number of benzene rings is 1. The molecule has 1 aromatic carbocycles. The smallest absolute Gasteiger partial charge is 0.327 e. The molecule has 23 heavy (non-hydrogen) atoms. The van der Waals surface area contributed by atoms with Crippen molar-refractivity contribution in [2.75, 3.05) is 31.2 Å². The fourth-order valence-electron chi connectivity index (χ4n) is 2.42. The van der Waals surface area contributed by atoms with Gasteiger partial charge in [0.15, 0.2) is 0 Å². The van der Waals surface area contributed by atoms with Gasteiger partial charge in [0.1, 0.15) is 11.6 Å². The van der Waals surface area contributed by atoms with Crippen LogP contribution in [-0.4, -0.2) is 41.3 Å². The predicted molar refractivity (Wildman–Crippen MR) is 88.2 cm³/mol. The van der Waals surface area contributed by atoms with Crippen LogP contribution in [-0.2, 0) is 4.74 Å². The van der Waals surface area contributed by atoms with Gasteiger partial charge in [0.25, 0.3) is 0 Å². The number of ether oxygens (including phenoxy) is 2. The maximum Gasteiger partial charge on any atom is 0.327 e. The van der Waals surface area contributed by atoms with E-state index >= 15 is 0 Å². The van der Waals surface area contributed by atoms with E-state index in [0.29, 0.717) is 36.9 Å². The van der Waals surface area contributed by atoms with Crippen molar-refractivity contribution in [3.05, 3.63) is 35.7 Å². The summed E-state index contributed by atoms with van der Waals surface area (Å²) in [6.07, 6.45) is 0. The molecule has 0 N–H and O–H groups in total. The number of morpholine rings is 1. The molecule has 1 fully saturated rings. The first kappa shape index (κ1) is 15.7. The Labute approximate surface area is 136 Å². The van der Waals surface area contributed by atoms with E-state index in [1.165, 1.54) is 5.56 Å². The van der Waals surface area contributed by atoms with Gasteiger partial charge in [-0.1, -0.05) is 26.0 Å². The average Bonchev–Trinajstić information content (AvgIpc) is 2.55. The third-order valence-corrected chi connectivity index (χ3v) is 3.76. The Hall–Kier alpha value is -2.21. The van der Waals surface area contributed by atoms with E-state index in [1.807, 2.05) is 19.1 Å². The van der Waals surface area contributed by atoms with Crippen LogP contribution in [0.4, 0.5) is 5.95 Å². The van der Waals surface area contributed by atoms with Crippen molar-refractivity contribution in [2.24, 2.45) is 0 Å². The molecule has 0 atom stereocenters. The van der Waals surface area contributed by atoms with Crippen molar-refractivity contribution < 1.29 is 9.47 Å². The van der Waals surface area contributed by atoms with Crippen LogP contribution in [0, 0.1) is 6.92 Å². The Kier molecular flexibility index (Phi) is 4.71. The highest BCUT2D eigenvalue weighted by Gasteiger charge is 2.16. The second kappa shape index (κ2) is 6.91. The molecule has 1 aromatic heterocycles. The number of aryl methyl sites for hydroxylation is 1. The van der Waals surface area contributed by atoms with Crippen LogP contribution in [0.15, 0.2) is 24.3 Å². The highest BCUT2D eigenvalue weighted by Crippen LogP contribution is 2.23. The zero-order valence-electron chi connectivity index (χ0n) is 13.8. The third kappa shape index (κ3) is 3.96. The predicted octanol–water partition coefficient (Wildman–Crippen LogP) is 2.93. The van der Waals surface area contributed by atoms with Crippen molar-refractivity contribution in [2.45, 2.75) is 26.7 Å². The van der Waals surface area contributed by atoms with Crippen LogP contribution in [0.1, 0.15) is 31.2 Å². The monoisotopic (exact) mass is 314 g/mol. The summed E-state index contributed by atoms with van der Waals surface area (Å²) in [5.74, 6) is 2.52. The van der Waals surface area contributed by atoms with Crippen LogP contribution in [0.25, 0.3) is 0 Å². The van der Waals surface area contributed by atoms with Gasteiger partial charge in [-0.15, -0.1) is 0 Å². The number of aromatic nitrogens is 3. The largest absolute Gasteiger partial charge is 0.424 e. The molecule has 1 aliphatic rings. The van der Waals surface area contributed by atoms with Gasteiger partial charge in [0.05, 0.1) is 13.2 Å². The molecule has 0 radical (unpaired) electrons. The molecule has 3 rings (SSSR count). The fourth-order valence-corrected chi connectivity index (χ4v) is 2.42. The number of rotatable bonds is 4. The van der Waals surface area contributed by atoms with Crippen LogP contribution in [0.5, 0.6) is 11.8 Å². The molecule has 0 bridgehead atoms. The number of hydrogen-bond acceptors (Lipinski definition) is 6. The van der Waals surface area contributed by atoms with Crippen LogP contribution in [0.2, 0.25) is 0 Å². The summed E-state index contributed by atoms with van der Waals surface area (Å²) in [5, 5.41) is 0. The van der Waals surface area contributed by atoms with E-state index in [0.717, 1.165) is 18.8 Å². The molecule has 0 unspecified atom stereocenters. The van der Waals surface area contributed by atoms with Crippen molar-refractivity contribution in [3.63, 3.8) is 0 Å². The molecule has 0 saturated carbocycles. The van der Waals surface area contributed by atoms with E-state index in [4.69, 9.17) is 9.47 Å². The van der Waals surface area contributed by atoms with E-state index < -0.39 is 0 Å². The second-order valence-corrected chi connectivity index (χ2v) is 5.89. The van der Waals surface area contributed by atoms with Gasteiger partial charge in [-0.25, -0.2) is 0 Å². The molecule has 2 aromatic rings. The molecule has 6 heteroatoms. The minimum atomic E-state index is 0.330. The standard InChI is InChI=1S/C17H22N4O2/c1-12(2)14-4-6-15(7-5-14)23-17-19-13(3)18-16(20-17)21-8-10-22-11-9-21/h4-7,12H,8-11H2,1-3H3. The van der Waals surface area contributed by atoms with Crippen molar-refractivity contribution >= 4 is 5.95 Å². The lowest BCUT2D eigenvalue weighted by Gasteiger charge is -2.26. The molecule has 0 amide bonds. The Morgan fingerprint density at radius 1 is 1.04 bits per heavy atom. The second-order valence-electron chi connectivity index (χ2n) is 5.89. The van der Waals surface area contributed by atoms with Gasteiger partial charge in [-0.05, 0) is 30.5 Å². The summed E-state index contributed by atoms with van der Waals surface area (Å²) in [6, 6.07) is 8.36. The zero-order valence-corrected chi connectivity index (χ0v) is 13.8. The van der Waals surface area contributed by atoms with Crippen LogP contribution < -0.4 is 9.64 Å². The van der Waals surface area contributed by atoms with E-state index in [-0.39, 0.29) is 0 Å². The Morgan fingerprint density at radius 3 is 2.39 bits per heavy atom. The minimum absolute atomic E-state index is 0.330. The minimum Gasteiger partial charge on any atom is -0.424 e. The third-order valence-electron chi connectivity index (χ3n) is 3.76. The lowest BCUT2D eigenvalue weighted by Crippen LogP contribution is -2.37. The first-order valence-corrected chi connectivity index (χ1v) is 7.95. The molecule has 1 saturated heterocycles. The van der Waals surface area contributed by atoms with Gasteiger partial charge in [0, 0.05) is 13.1 Å². The number of hydrogen-bond donors (Lipinski definition) is 0. The molecular weight excluding hydrogens is 292 g/mol. The summed E-state index contributed by atoms with van der Waals surface area (Å²) in [4.78, 5) is 15.2. The topological polar surface area (TPSA) is 60.4 Å². The molecular formula is C17H22N4O2. The summed E-state index contributed by atoms with van der Waals surface area (Å²) < 4.78 is 11.2. The van der Waals surface area contributed by atoms with E-state index in [2.05, 4.69) is 45.8 Å². The van der Waals surface area contributed by atoms with Crippen molar-refractivity contribution in [1.29, 1.82) is 0 Å². The average molecular weight is 314 g/mol. The lowest BCUT2D eigenvalue weighted by atomic mass is 10.0. The van der Waals surface area contributed by atoms with Crippen LogP contribution >= 0.6 is 0 Å². The van der Waals surface area contributed by atoms with Crippen molar-refractivity contribution in [1.82, 2.24) is 15.0 Å². The SMILES string of the molecule is Cc1nc(Oc2ccc(C(C)C)cc2)nc(N2CCOCC2)n1. The normalized spacial score (nSPS) is 15.0. The summed E-state index contributed by atoms with van der Waals surface area (Å²) in [5.41, 5.74) is 1.28. The highest BCUT2D eigenvalue weighted by atomic mass is 16.5. The Bertz CT molecular complexity index is 652. The summed E-state index contributed by atoms with van der Waals surface area (Å²) in [7, 11) is 0. The zero-order chi connectivity index (χ0) is 16.2. The van der Waals surface area contributed by atoms with Crippen molar-refractivity contribution in [3.8, 4) is 11.8 Å². The molecule has 0 aliphatic carbocycles. The fraction of sp³-hybridized carbons (Fsp3) is 0.471. The highest BCUT2D eigenvalue weighted by molar-refractivity contribution is 5.34.